The molecule has 0 saturated carbocycles. The van der Waals surface area contributed by atoms with Crippen LogP contribution in [0.15, 0.2) is 82.6 Å². The molecule has 0 aliphatic heterocycles. The van der Waals surface area contributed by atoms with Crippen LogP contribution in [0.1, 0.15) is 19.3 Å². The normalized spacial score (nSPS) is 12.9. The van der Waals surface area contributed by atoms with Crippen LogP contribution in [0.2, 0.25) is 0 Å². The second-order valence-electron chi connectivity index (χ2n) is 10.6. The summed E-state index contributed by atoms with van der Waals surface area (Å²) in [6.45, 7) is 0.292. The topological polar surface area (TPSA) is 130 Å². The van der Waals surface area contributed by atoms with Gasteiger partial charge in [0.15, 0.2) is 0 Å². The van der Waals surface area contributed by atoms with Crippen molar-refractivity contribution >= 4 is 58.9 Å². The highest BCUT2D eigenvalue weighted by Crippen LogP contribution is 2.38. The summed E-state index contributed by atoms with van der Waals surface area (Å²) in [5.74, 6) is -0.979. The molecule has 0 radical (unpaired) electrons. The van der Waals surface area contributed by atoms with E-state index in [2.05, 4.69) is 0 Å². The van der Waals surface area contributed by atoms with Crippen LogP contribution in [0.25, 0.3) is 21.5 Å². The lowest BCUT2D eigenvalue weighted by atomic mass is 10.1. The number of nitrogens with two attached hydrogens (primary N) is 1. The third-order valence-corrected chi connectivity index (χ3v) is 11.8. The minimum absolute atomic E-state index is 0.107. The summed E-state index contributed by atoms with van der Waals surface area (Å²) in [5, 5.41) is 1.88. The Kier molecular flexibility index (Phi) is 9.65. The fourth-order valence-corrected chi connectivity index (χ4v) is 9.71. The standard InChI is InChI=1S/C31H38N4O6S2/c1-33(2)26-17-8-14-24-22(26)12-10-19-29(24)42(37,38)35(28(31(36)41-5)16-6-7-21-32)43(39,40)30-20-11-13-23-25(30)15-9-18-27(23)34(3)4/h8-15,17-20,28H,6-7,16,21,32H2,1-5H3/t28-/m0/s1. The Hall–Kier alpha value is -3.71. The number of sulfonamides is 2. The molecule has 0 fully saturated rings. The predicted molar refractivity (Wildman–Crippen MR) is 171 cm³/mol. The van der Waals surface area contributed by atoms with Gasteiger partial charge in [0.1, 0.15) is 6.04 Å². The first-order chi connectivity index (χ1) is 20.4. The van der Waals surface area contributed by atoms with Gasteiger partial charge in [0.25, 0.3) is 20.0 Å². The molecule has 0 unspecified atom stereocenters. The molecule has 0 aliphatic rings. The summed E-state index contributed by atoms with van der Waals surface area (Å²) < 4.78 is 64.3. The summed E-state index contributed by atoms with van der Waals surface area (Å²) in [6, 6.07) is 18.1. The van der Waals surface area contributed by atoms with E-state index < -0.39 is 32.1 Å². The van der Waals surface area contributed by atoms with Crippen molar-refractivity contribution in [2.45, 2.75) is 35.1 Å². The van der Waals surface area contributed by atoms with Gasteiger partial charge in [-0.2, -0.15) is 0 Å². The number of rotatable bonds is 12. The van der Waals surface area contributed by atoms with Crippen LogP contribution in [0.4, 0.5) is 11.4 Å². The molecule has 4 aromatic rings. The molecule has 0 heterocycles. The molecule has 0 saturated heterocycles. The number of hydrogen-bond donors (Lipinski definition) is 1. The summed E-state index contributed by atoms with van der Waals surface area (Å²) in [7, 11) is -1.31. The van der Waals surface area contributed by atoms with E-state index in [0.29, 0.717) is 44.6 Å². The molecule has 4 rings (SSSR count). The quantitative estimate of drug-likeness (QED) is 0.182. The number of unbranched alkanes of at least 4 members (excludes halogenated alkanes) is 1. The number of anilines is 2. The monoisotopic (exact) mass is 626 g/mol. The molecular weight excluding hydrogens is 588 g/mol. The van der Waals surface area contributed by atoms with Crippen molar-refractivity contribution in [2.24, 2.45) is 5.73 Å². The first-order valence-corrected chi connectivity index (χ1v) is 16.7. The number of hydrogen-bond acceptors (Lipinski definition) is 9. The second kappa shape index (κ2) is 12.9. The number of methoxy groups -OCH3 is 1. The smallest absolute Gasteiger partial charge is 0.325 e. The fourth-order valence-electron chi connectivity index (χ4n) is 5.34. The van der Waals surface area contributed by atoms with Gasteiger partial charge >= 0.3 is 5.97 Å². The molecule has 0 aliphatic carbocycles. The number of benzene rings is 4. The first-order valence-electron chi connectivity index (χ1n) is 13.8. The second-order valence-corrected chi connectivity index (χ2v) is 14.4. The first kappa shape index (κ1) is 32.2. The van der Waals surface area contributed by atoms with Crippen molar-refractivity contribution < 1.29 is 26.4 Å². The average Bonchev–Trinajstić information content (AvgIpc) is 2.98. The van der Waals surface area contributed by atoms with Crippen LogP contribution < -0.4 is 15.5 Å². The van der Waals surface area contributed by atoms with Crippen molar-refractivity contribution in [1.82, 2.24) is 3.71 Å². The molecule has 4 aromatic carbocycles. The van der Waals surface area contributed by atoms with E-state index >= 15 is 0 Å². The van der Waals surface area contributed by atoms with Crippen LogP contribution in [-0.2, 0) is 29.6 Å². The van der Waals surface area contributed by atoms with Gasteiger partial charge in [-0.15, -0.1) is 0 Å². The highest BCUT2D eigenvalue weighted by molar-refractivity contribution is 8.04. The van der Waals surface area contributed by atoms with E-state index in [1.54, 1.807) is 48.5 Å². The van der Waals surface area contributed by atoms with Crippen LogP contribution >= 0.6 is 0 Å². The average molecular weight is 627 g/mol. The zero-order chi connectivity index (χ0) is 31.5. The van der Waals surface area contributed by atoms with E-state index in [-0.39, 0.29) is 16.2 Å². The molecular formula is C31H38N4O6S2. The highest BCUT2D eigenvalue weighted by Gasteiger charge is 2.46. The number of esters is 1. The van der Waals surface area contributed by atoms with Gasteiger partial charge in [0, 0.05) is 61.1 Å². The maximum absolute atomic E-state index is 14.7. The largest absolute Gasteiger partial charge is 0.468 e. The molecule has 0 spiro atoms. The van der Waals surface area contributed by atoms with Gasteiger partial charge in [0.2, 0.25) is 0 Å². The Morgan fingerprint density at radius 2 is 1.12 bits per heavy atom. The van der Waals surface area contributed by atoms with Crippen LogP contribution in [0.5, 0.6) is 0 Å². The number of carbonyl (C=O) groups excluding carboxylic acids is 1. The van der Waals surface area contributed by atoms with Gasteiger partial charge in [-0.05, 0) is 50.1 Å². The summed E-state index contributed by atoms with van der Waals surface area (Å²) in [4.78, 5) is 16.5. The Labute approximate surface area is 253 Å². The number of ether oxygens (including phenoxy) is 1. The van der Waals surface area contributed by atoms with Gasteiger partial charge in [-0.1, -0.05) is 52.2 Å². The SMILES string of the molecule is COC(=O)[C@H](CCCCN)N(S(=O)(=O)c1cccc2c(N(C)C)cccc12)S(=O)(=O)c1cccc2c(N(C)C)cccc12. The number of fused-ring (bicyclic) bond motifs is 2. The highest BCUT2D eigenvalue weighted by atomic mass is 32.3. The zero-order valence-electron chi connectivity index (χ0n) is 25.0. The van der Waals surface area contributed by atoms with Crippen LogP contribution in [0, 0.1) is 0 Å². The molecule has 43 heavy (non-hydrogen) atoms. The molecule has 0 bridgehead atoms. The Morgan fingerprint density at radius 1 is 0.698 bits per heavy atom. The van der Waals surface area contributed by atoms with E-state index in [0.717, 1.165) is 18.5 Å². The molecule has 230 valence electrons. The number of carbonyl (C=O) groups is 1. The van der Waals surface area contributed by atoms with Gasteiger partial charge in [0.05, 0.1) is 16.9 Å². The summed E-state index contributed by atoms with van der Waals surface area (Å²) in [5.41, 5.74) is 7.18. The molecule has 12 heteroatoms. The summed E-state index contributed by atoms with van der Waals surface area (Å²) >= 11 is 0. The minimum Gasteiger partial charge on any atom is -0.468 e. The molecule has 0 aromatic heterocycles. The Bertz CT molecular complexity index is 1740. The lowest BCUT2D eigenvalue weighted by Gasteiger charge is -2.29. The van der Waals surface area contributed by atoms with Gasteiger partial charge < -0.3 is 20.3 Å². The van der Waals surface area contributed by atoms with Crippen molar-refractivity contribution in [3.05, 3.63) is 72.8 Å². The predicted octanol–water partition coefficient (Wildman–Crippen LogP) is 4.18. The minimum atomic E-state index is -4.88. The maximum atomic E-state index is 14.7. The van der Waals surface area contributed by atoms with Crippen molar-refractivity contribution in [3.8, 4) is 0 Å². The van der Waals surface area contributed by atoms with E-state index in [4.69, 9.17) is 10.5 Å². The molecule has 10 nitrogen and oxygen atoms in total. The lowest BCUT2D eigenvalue weighted by molar-refractivity contribution is -0.144. The molecule has 0 amide bonds. The van der Waals surface area contributed by atoms with Crippen molar-refractivity contribution in [2.75, 3.05) is 51.6 Å². The van der Waals surface area contributed by atoms with Crippen molar-refractivity contribution in [3.63, 3.8) is 0 Å². The Balaban J connectivity index is 2.07. The van der Waals surface area contributed by atoms with E-state index in [1.807, 2.05) is 50.1 Å². The molecule has 1 atom stereocenters. The fraction of sp³-hybridized carbons (Fsp3) is 0.323. The van der Waals surface area contributed by atoms with Gasteiger partial charge in [-0.3, -0.25) is 4.79 Å². The third-order valence-electron chi connectivity index (χ3n) is 7.37. The van der Waals surface area contributed by atoms with E-state index in [1.165, 1.54) is 12.1 Å². The maximum Gasteiger partial charge on any atom is 0.325 e. The van der Waals surface area contributed by atoms with Crippen molar-refractivity contribution in [1.29, 1.82) is 0 Å². The van der Waals surface area contributed by atoms with Gasteiger partial charge in [-0.25, -0.2) is 16.8 Å². The number of nitrogens with zero attached hydrogens (tertiary/aromatic N) is 3. The lowest BCUT2D eigenvalue weighted by Crippen LogP contribution is -2.49. The van der Waals surface area contributed by atoms with Crippen LogP contribution in [-0.4, -0.2) is 74.4 Å². The molecule has 2 N–H and O–H groups in total. The van der Waals surface area contributed by atoms with E-state index in [9.17, 15) is 21.6 Å². The Morgan fingerprint density at radius 3 is 1.51 bits per heavy atom. The zero-order valence-corrected chi connectivity index (χ0v) is 26.7. The third kappa shape index (κ3) is 6.05. The summed E-state index contributed by atoms with van der Waals surface area (Å²) in [6.07, 6.45) is 0.657. The van der Waals surface area contributed by atoms with Crippen LogP contribution in [0.3, 0.4) is 0 Å².